The lowest BCUT2D eigenvalue weighted by Gasteiger charge is -2.29. The van der Waals surface area contributed by atoms with Crippen LogP contribution in [0.3, 0.4) is 0 Å². The smallest absolute Gasteiger partial charge is 0.151 e. The Morgan fingerprint density at radius 2 is 2.16 bits per heavy atom. The molecule has 1 aromatic carbocycles. The topological polar surface area (TPSA) is 72.9 Å². The number of benzene rings is 1. The monoisotopic (exact) mass is 525 g/mol. The van der Waals surface area contributed by atoms with Gasteiger partial charge in [-0.05, 0) is 81.5 Å². The first-order chi connectivity index (χ1) is 18.5. The number of nitrogens with one attached hydrogen (secondary N) is 1. The molecule has 0 bridgehead atoms. The summed E-state index contributed by atoms with van der Waals surface area (Å²) in [4.78, 5) is 19.8. The van der Waals surface area contributed by atoms with Crippen LogP contribution in [0.4, 0.5) is 10.2 Å². The van der Waals surface area contributed by atoms with Gasteiger partial charge in [0.05, 0.1) is 25.4 Å². The molecule has 1 aromatic heterocycles. The molecule has 3 atom stereocenters. The number of aromatic nitrogens is 1. The van der Waals surface area contributed by atoms with Crippen molar-refractivity contribution in [3.63, 3.8) is 0 Å². The van der Waals surface area contributed by atoms with Crippen LogP contribution in [0.25, 0.3) is 0 Å². The number of unbranched alkanes of at least 4 members (excludes halogenated alkanes) is 1. The number of anilines is 1. The molecule has 206 valence electrons. The number of likely N-dealkylation sites (tertiary alicyclic amines) is 1. The molecule has 2 aromatic rings. The zero-order valence-electron chi connectivity index (χ0n) is 22.6. The fraction of sp³-hybridized carbons (Fsp3) is 0.600. The van der Waals surface area contributed by atoms with Gasteiger partial charge in [0.2, 0.25) is 0 Å². The number of carbonyl (C=O) groups is 1. The normalized spacial score (nSPS) is 22.2. The lowest BCUT2D eigenvalue weighted by Crippen LogP contribution is -2.33. The van der Waals surface area contributed by atoms with E-state index in [9.17, 15) is 9.18 Å². The number of aryl methyl sites for hydroxylation is 1. The van der Waals surface area contributed by atoms with Gasteiger partial charge in [0.1, 0.15) is 17.4 Å². The van der Waals surface area contributed by atoms with Crippen LogP contribution in [0.5, 0.6) is 5.75 Å². The first kappa shape index (κ1) is 27.0. The van der Waals surface area contributed by atoms with E-state index < -0.39 is 6.04 Å². The summed E-state index contributed by atoms with van der Waals surface area (Å²) < 4.78 is 32.0. The van der Waals surface area contributed by atoms with E-state index >= 15 is 0 Å². The van der Waals surface area contributed by atoms with Crippen molar-refractivity contribution in [2.45, 2.75) is 76.5 Å². The molecule has 8 heteroatoms. The summed E-state index contributed by atoms with van der Waals surface area (Å²) >= 11 is 0. The molecule has 1 N–H and O–H groups in total. The van der Waals surface area contributed by atoms with Crippen LogP contribution in [0, 0.1) is 5.82 Å². The summed E-state index contributed by atoms with van der Waals surface area (Å²) in [5.41, 5.74) is 3.91. The molecule has 2 saturated heterocycles. The number of pyridine rings is 1. The van der Waals surface area contributed by atoms with E-state index in [4.69, 9.17) is 19.2 Å². The van der Waals surface area contributed by atoms with Crippen LogP contribution in [0.2, 0.25) is 0 Å². The third-order valence-corrected chi connectivity index (χ3v) is 7.98. The molecule has 2 fully saturated rings. The molecular formula is C30H40FN3O4. The number of fused-ring (bicyclic) bond motifs is 1. The highest BCUT2D eigenvalue weighted by molar-refractivity contribution is 5.83. The molecule has 0 saturated carbocycles. The van der Waals surface area contributed by atoms with E-state index in [1.165, 1.54) is 17.7 Å². The predicted molar refractivity (Wildman–Crippen MR) is 144 cm³/mol. The molecular weight excluding hydrogens is 485 g/mol. The Hall–Kier alpha value is -2.55. The Bertz CT molecular complexity index is 1100. The Labute approximate surface area is 225 Å². The summed E-state index contributed by atoms with van der Waals surface area (Å²) in [6, 6.07) is 6.39. The summed E-state index contributed by atoms with van der Waals surface area (Å²) in [5.74, 6) is 1.61. The van der Waals surface area contributed by atoms with Crippen molar-refractivity contribution in [3.8, 4) is 5.75 Å². The van der Waals surface area contributed by atoms with Crippen molar-refractivity contribution < 1.29 is 23.4 Å². The molecule has 3 aliphatic rings. The van der Waals surface area contributed by atoms with E-state index in [1.807, 2.05) is 0 Å². The van der Waals surface area contributed by atoms with Crippen LogP contribution >= 0.6 is 0 Å². The molecule has 7 nitrogen and oxygen atoms in total. The van der Waals surface area contributed by atoms with Crippen molar-refractivity contribution in [2.24, 2.45) is 0 Å². The molecule has 0 unspecified atom stereocenters. The molecule has 38 heavy (non-hydrogen) atoms. The highest BCUT2D eigenvalue weighted by Crippen LogP contribution is 2.37. The van der Waals surface area contributed by atoms with E-state index in [0.29, 0.717) is 19.8 Å². The zero-order valence-corrected chi connectivity index (χ0v) is 22.6. The standard InChI is InChI=1S/C30H40FN3O4/c1-20(35)29(26-17-21(31)10-11-24(26)27-9-6-16-38-27)34-14-12-23(19-34)37-15-4-3-7-22-18-28(36-2)25-8-5-13-32-30(25)33-22/h10-11,17-18,23,27,29H,3-9,12-16,19H2,1-2H3,(H,32,33)/t23-,27+,29+/m1/s1. The molecule has 5 rings (SSSR count). The number of Topliss-reactive ketones (excluding diaryl/α,β-unsaturated/α-hetero) is 1. The largest absolute Gasteiger partial charge is 0.496 e. The zero-order chi connectivity index (χ0) is 26.5. The predicted octanol–water partition coefficient (Wildman–Crippen LogP) is 5.18. The molecule has 3 aliphatic heterocycles. The Balaban J connectivity index is 1.13. The summed E-state index contributed by atoms with van der Waals surface area (Å²) in [6.07, 6.45) is 7.66. The molecule has 0 aliphatic carbocycles. The van der Waals surface area contributed by atoms with Gasteiger partial charge in [0.25, 0.3) is 0 Å². The van der Waals surface area contributed by atoms with Crippen LogP contribution in [0.1, 0.15) is 80.0 Å². The van der Waals surface area contributed by atoms with Gasteiger partial charge in [-0.3, -0.25) is 9.69 Å². The van der Waals surface area contributed by atoms with Crippen molar-refractivity contribution in [3.05, 3.63) is 52.5 Å². The number of ketones is 1. The highest BCUT2D eigenvalue weighted by Gasteiger charge is 2.35. The van der Waals surface area contributed by atoms with Crippen molar-refractivity contribution >= 4 is 11.6 Å². The number of rotatable bonds is 11. The second-order valence-corrected chi connectivity index (χ2v) is 10.7. The average molecular weight is 526 g/mol. The summed E-state index contributed by atoms with van der Waals surface area (Å²) in [7, 11) is 1.72. The molecule has 0 spiro atoms. The van der Waals surface area contributed by atoms with Crippen LogP contribution < -0.4 is 10.1 Å². The second-order valence-electron chi connectivity index (χ2n) is 10.7. The maximum atomic E-state index is 14.3. The first-order valence-corrected chi connectivity index (χ1v) is 14.1. The number of ether oxygens (including phenoxy) is 3. The van der Waals surface area contributed by atoms with Gasteiger partial charge in [0.15, 0.2) is 5.78 Å². The van der Waals surface area contributed by atoms with Crippen molar-refractivity contribution in [2.75, 3.05) is 45.3 Å². The maximum Gasteiger partial charge on any atom is 0.151 e. The Morgan fingerprint density at radius 1 is 1.26 bits per heavy atom. The van der Waals surface area contributed by atoms with Crippen molar-refractivity contribution in [1.82, 2.24) is 9.88 Å². The fourth-order valence-electron chi connectivity index (χ4n) is 6.12. The Kier molecular flexibility index (Phi) is 8.92. The minimum atomic E-state index is -0.475. The third-order valence-electron chi connectivity index (χ3n) is 7.98. The van der Waals surface area contributed by atoms with Gasteiger partial charge < -0.3 is 19.5 Å². The van der Waals surface area contributed by atoms with Crippen LogP contribution in [-0.4, -0.2) is 61.7 Å². The average Bonchev–Trinajstić information content (AvgIpc) is 3.61. The summed E-state index contributed by atoms with van der Waals surface area (Å²) in [5, 5.41) is 3.40. The highest BCUT2D eigenvalue weighted by atomic mass is 19.1. The minimum absolute atomic E-state index is 0.0259. The van der Waals surface area contributed by atoms with E-state index in [1.54, 1.807) is 20.1 Å². The lowest BCUT2D eigenvalue weighted by atomic mass is 9.92. The third kappa shape index (κ3) is 6.19. The SMILES string of the molecule is COc1cc(CCCCO[C@@H]2CCN([C@@H](C(C)=O)c3cc(F)ccc3[C@@H]3CCCO3)C2)nc2c1CCCN2. The van der Waals surface area contributed by atoms with Crippen molar-refractivity contribution in [1.29, 1.82) is 0 Å². The van der Waals surface area contributed by atoms with Gasteiger partial charge >= 0.3 is 0 Å². The van der Waals surface area contributed by atoms with E-state index in [2.05, 4.69) is 16.3 Å². The Morgan fingerprint density at radius 3 is 2.95 bits per heavy atom. The molecule has 0 radical (unpaired) electrons. The van der Waals surface area contributed by atoms with E-state index in [-0.39, 0.29) is 23.8 Å². The van der Waals surface area contributed by atoms with Crippen LogP contribution in [0.15, 0.2) is 24.3 Å². The van der Waals surface area contributed by atoms with Gasteiger partial charge in [-0.15, -0.1) is 0 Å². The number of hydrogen-bond donors (Lipinski definition) is 1. The van der Waals surface area contributed by atoms with Crippen LogP contribution in [-0.2, 0) is 27.1 Å². The van der Waals surface area contributed by atoms with Gasteiger partial charge in [-0.1, -0.05) is 6.07 Å². The van der Waals surface area contributed by atoms with Gasteiger partial charge in [-0.2, -0.15) is 0 Å². The van der Waals surface area contributed by atoms with Gasteiger partial charge in [-0.25, -0.2) is 9.37 Å². The lowest BCUT2D eigenvalue weighted by molar-refractivity contribution is -0.122. The number of carbonyl (C=O) groups excluding carboxylic acids is 1. The molecule has 4 heterocycles. The minimum Gasteiger partial charge on any atom is -0.496 e. The number of nitrogens with zero attached hydrogens (tertiary/aromatic N) is 2. The van der Waals surface area contributed by atoms with E-state index in [0.717, 1.165) is 92.8 Å². The fourth-order valence-corrected chi connectivity index (χ4v) is 6.12. The number of halogens is 1. The number of methoxy groups -OCH3 is 1. The second kappa shape index (κ2) is 12.5. The number of hydrogen-bond acceptors (Lipinski definition) is 7. The van der Waals surface area contributed by atoms with Gasteiger partial charge in [0, 0.05) is 50.2 Å². The maximum absolute atomic E-state index is 14.3. The molecule has 0 amide bonds. The summed E-state index contributed by atoms with van der Waals surface area (Å²) in [6.45, 7) is 5.35. The first-order valence-electron chi connectivity index (χ1n) is 14.1. The quantitative estimate of drug-likeness (QED) is 0.405.